The van der Waals surface area contributed by atoms with E-state index in [9.17, 15) is 8.78 Å². The topological polar surface area (TPSA) is 48.1 Å². The molecule has 18 heavy (non-hydrogen) atoms. The molecule has 0 aliphatic carbocycles. The largest absolute Gasteiger partial charge is 0.439 e. The van der Waals surface area contributed by atoms with E-state index in [0.29, 0.717) is 0 Å². The third-order valence-corrected chi connectivity index (χ3v) is 2.34. The Morgan fingerprint density at radius 3 is 2.44 bits per heavy atom. The second kappa shape index (κ2) is 5.10. The van der Waals surface area contributed by atoms with Crippen LogP contribution < -0.4 is 10.5 Å². The number of rotatable bonds is 3. The van der Waals surface area contributed by atoms with E-state index in [4.69, 9.17) is 10.5 Å². The summed E-state index contributed by atoms with van der Waals surface area (Å²) in [7, 11) is 0. The maximum Gasteiger partial charge on any atom is 0.219 e. The van der Waals surface area contributed by atoms with E-state index >= 15 is 0 Å². The number of hydrogen-bond donors (Lipinski definition) is 1. The van der Waals surface area contributed by atoms with Gasteiger partial charge in [-0.2, -0.15) is 0 Å². The molecule has 2 N–H and O–H groups in total. The van der Waals surface area contributed by atoms with Gasteiger partial charge in [-0.3, -0.25) is 0 Å². The fourth-order valence-corrected chi connectivity index (χ4v) is 1.47. The summed E-state index contributed by atoms with van der Waals surface area (Å²) >= 11 is 0. The minimum atomic E-state index is -0.701. The standard InChI is InChI=1S/C13H12F2N2O/c1-8(16)9-2-3-17-13(4-9)18-12-6-10(14)5-11(15)7-12/h2-8H,16H2,1H3. The van der Waals surface area contributed by atoms with Crippen LogP contribution in [0.4, 0.5) is 8.78 Å². The van der Waals surface area contributed by atoms with Crippen molar-refractivity contribution in [3.8, 4) is 11.6 Å². The Labute approximate surface area is 103 Å². The molecule has 0 spiro atoms. The van der Waals surface area contributed by atoms with Gasteiger partial charge in [0.2, 0.25) is 5.88 Å². The van der Waals surface area contributed by atoms with Crippen LogP contribution in [-0.2, 0) is 0 Å². The summed E-state index contributed by atoms with van der Waals surface area (Å²) in [6.45, 7) is 1.82. The number of halogens is 2. The number of ether oxygens (including phenoxy) is 1. The monoisotopic (exact) mass is 250 g/mol. The van der Waals surface area contributed by atoms with Gasteiger partial charge in [0.15, 0.2) is 0 Å². The lowest BCUT2D eigenvalue weighted by molar-refractivity contribution is 0.450. The van der Waals surface area contributed by atoms with Crippen molar-refractivity contribution in [3.63, 3.8) is 0 Å². The van der Waals surface area contributed by atoms with E-state index in [2.05, 4.69) is 4.98 Å². The quantitative estimate of drug-likeness (QED) is 0.910. The maximum absolute atomic E-state index is 13.0. The number of aromatic nitrogens is 1. The highest BCUT2D eigenvalue weighted by atomic mass is 19.1. The molecule has 5 heteroatoms. The second-order valence-electron chi connectivity index (χ2n) is 3.92. The van der Waals surface area contributed by atoms with Gasteiger partial charge >= 0.3 is 0 Å². The van der Waals surface area contributed by atoms with E-state index in [1.54, 1.807) is 12.1 Å². The predicted octanol–water partition coefficient (Wildman–Crippen LogP) is 3.17. The van der Waals surface area contributed by atoms with Crippen LogP contribution in [0.3, 0.4) is 0 Å². The zero-order valence-electron chi connectivity index (χ0n) is 9.73. The number of benzene rings is 1. The molecule has 0 fully saturated rings. The van der Waals surface area contributed by atoms with Gasteiger partial charge in [0.1, 0.15) is 17.4 Å². The summed E-state index contributed by atoms with van der Waals surface area (Å²) in [5.74, 6) is -1.10. The number of nitrogens with two attached hydrogens (primary N) is 1. The highest BCUT2D eigenvalue weighted by molar-refractivity contribution is 5.30. The van der Waals surface area contributed by atoms with E-state index in [0.717, 1.165) is 23.8 Å². The van der Waals surface area contributed by atoms with Gasteiger partial charge in [-0.05, 0) is 18.6 Å². The summed E-state index contributed by atoms with van der Waals surface area (Å²) in [5.41, 5.74) is 6.55. The van der Waals surface area contributed by atoms with Crippen molar-refractivity contribution in [2.75, 3.05) is 0 Å². The summed E-state index contributed by atoms with van der Waals surface area (Å²) in [6.07, 6.45) is 1.53. The van der Waals surface area contributed by atoms with E-state index in [-0.39, 0.29) is 17.7 Å². The highest BCUT2D eigenvalue weighted by Crippen LogP contribution is 2.23. The van der Waals surface area contributed by atoms with E-state index in [1.165, 1.54) is 6.20 Å². The van der Waals surface area contributed by atoms with Crippen LogP contribution in [0.5, 0.6) is 11.6 Å². The van der Waals surface area contributed by atoms with Crippen molar-refractivity contribution in [3.05, 3.63) is 53.7 Å². The van der Waals surface area contributed by atoms with Crippen LogP contribution in [-0.4, -0.2) is 4.98 Å². The molecule has 0 saturated carbocycles. The van der Waals surface area contributed by atoms with Crippen LogP contribution >= 0.6 is 0 Å². The number of nitrogens with zero attached hydrogens (tertiary/aromatic N) is 1. The van der Waals surface area contributed by atoms with Crippen LogP contribution in [0.15, 0.2) is 36.5 Å². The van der Waals surface area contributed by atoms with Gasteiger partial charge in [0.05, 0.1) is 0 Å². The molecular weight excluding hydrogens is 238 g/mol. The Balaban J connectivity index is 2.25. The molecule has 1 aromatic heterocycles. The smallest absolute Gasteiger partial charge is 0.219 e. The Hall–Kier alpha value is -2.01. The molecular formula is C13H12F2N2O. The average molecular weight is 250 g/mol. The molecule has 2 rings (SSSR count). The fourth-order valence-electron chi connectivity index (χ4n) is 1.47. The fraction of sp³-hybridized carbons (Fsp3) is 0.154. The molecule has 94 valence electrons. The van der Waals surface area contributed by atoms with Crippen molar-refractivity contribution in [2.45, 2.75) is 13.0 Å². The Morgan fingerprint density at radius 2 is 1.83 bits per heavy atom. The molecule has 2 aromatic rings. The van der Waals surface area contributed by atoms with E-state index in [1.807, 2.05) is 6.92 Å². The molecule has 1 heterocycles. The third-order valence-electron chi connectivity index (χ3n) is 2.34. The number of pyridine rings is 1. The van der Waals surface area contributed by atoms with Crippen molar-refractivity contribution in [2.24, 2.45) is 5.73 Å². The maximum atomic E-state index is 13.0. The normalized spacial score (nSPS) is 12.2. The molecule has 0 radical (unpaired) electrons. The van der Waals surface area contributed by atoms with Gasteiger partial charge < -0.3 is 10.5 Å². The molecule has 1 atom stereocenters. The van der Waals surface area contributed by atoms with Crippen LogP contribution in [0.2, 0.25) is 0 Å². The van der Waals surface area contributed by atoms with Crippen molar-refractivity contribution in [1.82, 2.24) is 4.98 Å². The van der Waals surface area contributed by atoms with E-state index < -0.39 is 11.6 Å². The highest BCUT2D eigenvalue weighted by Gasteiger charge is 2.06. The SMILES string of the molecule is CC(N)c1ccnc(Oc2cc(F)cc(F)c2)c1. The first-order valence-electron chi connectivity index (χ1n) is 5.40. The Bertz CT molecular complexity index is 538. The molecule has 0 amide bonds. The summed E-state index contributed by atoms with van der Waals surface area (Å²) < 4.78 is 31.2. The van der Waals surface area contributed by atoms with Crippen molar-refractivity contribution >= 4 is 0 Å². The predicted molar refractivity (Wildman–Crippen MR) is 63.3 cm³/mol. The minimum Gasteiger partial charge on any atom is -0.439 e. The summed E-state index contributed by atoms with van der Waals surface area (Å²) in [5, 5.41) is 0. The molecule has 0 aliphatic heterocycles. The van der Waals surface area contributed by atoms with Gasteiger partial charge in [0.25, 0.3) is 0 Å². The van der Waals surface area contributed by atoms with Gasteiger partial charge in [-0.1, -0.05) is 0 Å². The van der Waals surface area contributed by atoms with Gasteiger partial charge in [-0.15, -0.1) is 0 Å². The van der Waals surface area contributed by atoms with Gasteiger partial charge in [-0.25, -0.2) is 13.8 Å². The zero-order chi connectivity index (χ0) is 13.1. The molecule has 0 aliphatic rings. The second-order valence-corrected chi connectivity index (χ2v) is 3.92. The summed E-state index contributed by atoms with van der Waals surface area (Å²) in [6, 6.07) is 6.17. The van der Waals surface area contributed by atoms with Crippen LogP contribution in [0.25, 0.3) is 0 Å². The van der Waals surface area contributed by atoms with Crippen molar-refractivity contribution < 1.29 is 13.5 Å². The zero-order valence-corrected chi connectivity index (χ0v) is 9.73. The summed E-state index contributed by atoms with van der Waals surface area (Å²) in [4.78, 5) is 3.95. The Morgan fingerprint density at radius 1 is 1.17 bits per heavy atom. The molecule has 0 bridgehead atoms. The lowest BCUT2D eigenvalue weighted by Crippen LogP contribution is -2.05. The first-order valence-corrected chi connectivity index (χ1v) is 5.40. The third kappa shape index (κ3) is 3.01. The average Bonchev–Trinajstić information content (AvgIpc) is 2.27. The Kier molecular flexibility index (Phi) is 3.53. The first kappa shape index (κ1) is 12.4. The minimum absolute atomic E-state index is 0.0572. The number of hydrogen-bond acceptors (Lipinski definition) is 3. The lowest BCUT2D eigenvalue weighted by atomic mass is 10.1. The van der Waals surface area contributed by atoms with Crippen LogP contribution in [0.1, 0.15) is 18.5 Å². The van der Waals surface area contributed by atoms with Crippen LogP contribution in [0, 0.1) is 11.6 Å². The molecule has 1 unspecified atom stereocenters. The van der Waals surface area contributed by atoms with Gasteiger partial charge in [0, 0.05) is 36.5 Å². The molecule has 1 aromatic carbocycles. The molecule has 3 nitrogen and oxygen atoms in total. The van der Waals surface area contributed by atoms with Crippen molar-refractivity contribution in [1.29, 1.82) is 0 Å². The molecule has 0 saturated heterocycles. The lowest BCUT2D eigenvalue weighted by Gasteiger charge is -2.08. The first-order chi connectivity index (χ1) is 8.54.